The highest BCUT2D eigenvalue weighted by Gasteiger charge is 2.47. The zero-order chi connectivity index (χ0) is 50.9. The quantitative estimate of drug-likeness (QED) is 0.0289. The van der Waals surface area contributed by atoms with Gasteiger partial charge in [-0.15, -0.1) is 0 Å². The maximum Gasteiger partial charge on any atom is 0.217 e. The Morgan fingerprint density at radius 1 is 0.478 bits per heavy atom. The van der Waals surface area contributed by atoms with Crippen molar-refractivity contribution in [3.8, 4) is 0 Å². The molecule has 3 aliphatic heterocycles. The predicted molar refractivity (Wildman–Crippen MR) is 241 cm³/mol. The van der Waals surface area contributed by atoms with E-state index in [0.29, 0.717) is 78.2 Å². The number of aliphatic hydroxyl groups excluding tert-OH is 9. The third-order valence-electron chi connectivity index (χ3n) is 12.0. The Morgan fingerprint density at radius 2 is 0.812 bits per heavy atom. The summed E-state index contributed by atoms with van der Waals surface area (Å²) in [6, 6.07) is -2.75. The number of aliphatic hydroxyl groups is 9. The topological polar surface area (TPSA) is 352 Å². The van der Waals surface area contributed by atoms with E-state index in [1.54, 1.807) is 0 Å². The van der Waals surface area contributed by atoms with E-state index in [9.17, 15) is 60.3 Å². The van der Waals surface area contributed by atoms with E-state index in [-0.39, 0.29) is 32.1 Å². The summed E-state index contributed by atoms with van der Waals surface area (Å²) >= 11 is 0. The van der Waals surface area contributed by atoms with Crippen LogP contribution in [-0.2, 0) is 57.0 Å². The largest absolute Gasteiger partial charge is 0.394 e. The van der Waals surface area contributed by atoms with Crippen molar-refractivity contribution < 1.29 is 103 Å². The molecule has 0 bridgehead atoms. The molecule has 0 aliphatic carbocycles. The van der Waals surface area contributed by atoms with Gasteiger partial charge in [-0.2, -0.15) is 0 Å². The van der Waals surface area contributed by atoms with E-state index in [4.69, 9.17) is 42.6 Å². The molecule has 9 unspecified atom stereocenters. The molecule has 15 atom stereocenters. The number of hydrogen-bond acceptors (Lipinski definition) is 21. The molecule has 0 aromatic rings. The second-order valence-electron chi connectivity index (χ2n) is 18.5. The van der Waals surface area contributed by atoms with Crippen molar-refractivity contribution in [2.75, 3.05) is 79.3 Å². The first-order valence-corrected chi connectivity index (χ1v) is 24.2. The smallest absolute Gasteiger partial charge is 0.217 e. The Labute approximate surface area is 404 Å². The highest BCUT2D eigenvalue weighted by molar-refractivity contribution is 5.74. The average molecular weight is 1000 g/mol. The van der Waals surface area contributed by atoms with Crippen LogP contribution in [0.2, 0.25) is 0 Å². The normalized spacial score (nSPS) is 32.7. The molecule has 12 N–H and O–H groups in total. The summed E-state index contributed by atoms with van der Waals surface area (Å²) in [5.74, 6) is -1.23. The number of unbranched alkanes of at least 4 members (excludes halogenated alkanes) is 6. The number of carbonyl (C=O) groups is 3. The summed E-state index contributed by atoms with van der Waals surface area (Å²) in [5, 5.41) is 98.7. The molecule has 0 spiro atoms. The fraction of sp³-hybridized carbons (Fsp3) is 0.933. The third-order valence-corrected chi connectivity index (χ3v) is 12.0. The van der Waals surface area contributed by atoms with E-state index >= 15 is 0 Å². The van der Waals surface area contributed by atoms with Crippen LogP contribution in [-0.4, -0.2) is 235 Å². The fourth-order valence-corrected chi connectivity index (χ4v) is 8.15. The predicted octanol–water partition coefficient (Wildman–Crippen LogP) is -3.18. The molecule has 3 amide bonds. The van der Waals surface area contributed by atoms with Gasteiger partial charge in [0.05, 0.1) is 51.8 Å². The molecule has 24 heteroatoms. The molecule has 69 heavy (non-hydrogen) atoms. The van der Waals surface area contributed by atoms with Crippen molar-refractivity contribution in [1.82, 2.24) is 16.0 Å². The minimum absolute atomic E-state index is 0.0116. The van der Waals surface area contributed by atoms with Crippen molar-refractivity contribution in [2.45, 2.75) is 184 Å². The minimum atomic E-state index is -1.40. The molecular formula is C45H83N3O21. The van der Waals surface area contributed by atoms with Crippen molar-refractivity contribution in [3.05, 3.63) is 0 Å². The SMILES string of the molecule is CC(=O)NC1CC(O)[C@@H](O)C(CO)O[C@H]1OCCCCCOCC(C)(COCCCCCO[C@@H]1OC(CO)[C@H](O)C(O)C1NC(C)=O)COCCCCCO[C@@H]1OC(CO)[C@H](O)C(O)C1NC(C)=O. The van der Waals surface area contributed by atoms with Gasteiger partial charge in [0, 0.05) is 72.2 Å². The second kappa shape index (κ2) is 32.7. The Morgan fingerprint density at radius 3 is 1.17 bits per heavy atom. The molecule has 24 nitrogen and oxygen atoms in total. The summed E-state index contributed by atoms with van der Waals surface area (Å²) in [5.41, 5.74) is -0.513. The lowest BCUT2D eigenvalue weighted by Gasteiger charge is -2.42. The summed E-state index contributed by atoms with van der Waals surface area (Å²) in [6.07, 6.45) is -8.35. The third kappa shape index (κ3) is 21.4. The summed E-state index contributed by atoms with van der Waals surface area (Å²) in [7, 11) is 0. The standard InChI is InChI=1S/C45H83N3O21/c1-27(52)46-30-20-31(55)37(56)32(21-49)67-42(30)64-17-11-5-8-14-61-24-45(4,25-62-15-9-6-12-18-65-43-35(47-28(2)53)40(59)38(57)33(22-50)68-43)26-63-16-10-7-13-19-66-44-36(48-29(3)54)41(60)39(58)34(23-51)69-44/h30-44,49-51,55-60H,5-26H2,1-4H3,(H,46,52)(H,47,53)(H,48,54)/t30?,31?,32?,33?,34?,35?,36?,37-,38+,39+,40?,41?,42-,43-,44-,45?/m1/s1. The van der Waals surface area contributed by atoms with Gasteiger partial charge < -0.3 is 105 Å². The molecule has 0 aromatic carbocycles. The number of hydrogen-bond donors (Lipinski definition) is 12. The van der Waals surface area contributed by atoms with E-state index < -0.39 is 129 Å². The van der Waals surface area contributed by atoms with E-state index in [1.807, 2.05) is 6.92 Å². The number of rotatable bonds is 33. The van der Waals surface area contributed by atoms with Crippen molar-refractivity contribution in [3.63, 3.8) is 0 Å². The fourth-order valence-electron chi connectivity index (χ4n) is 8.15. The number of ether oxygens (including phenoxy) is 9. The van der Waals surface area contributed by atoms with Gasteiger partial charge in [-0.1, -0.05) is 6.92 Å². The Hall–Kier alpha value is -2.31. The minimum Gasteiger partial charge on any atom is -0.394 e. The lowest BCUT2D eigenvalue weighted by atomic mass is 9.94. The maximum absolute atomic E-state index is 11.8. The number of carbonyl (C=O) groups excluding carboxylic acids is 3. The Balaban J connectivity index is 1.43. The lowest BCUT2D eigenvalue weighted by molar-refractivity contribution is -0.270. The highest BCUT2D eigenvalue weighted by atomic mass is 16.7. The van der Waals surface area contributed by atoms with Crippen LogP contribution in [0.4, 0.5) is 0 Å². The van der Waals surface area contributed by atoms with Crippen LogP contribution in [0.25, 0.3) is 0 Å². The van der Waals surface area contributed by atoms with Crippen molar-refractivity contribution in [2.24, 2.45) is 5.41 Å². The molecule has 3 saturated heterocycles. The van der Waals surface area contributed by atoms with Gasteiger partial charge in [-0.05, 0) is 57.8 Å². The molecule has 3 aliphatic rings. The van der Waals surface area contributed by atoms with E-state index in [2.05, 4.69) is 16.0 Å². The van der Waals surface area contributed by atoms with Gasteiger partial charge >= 0.3 is 0 Å². The Kier molecular flexibility index (Phi) is 28.9. The molecule has 3 fully saturated rings. The maximum atomic E-state index is 11.8. The molecule has 3 rings (SSSR count). The molecule has 0 aromatic heterocycles. The lowest BCUT2D eigenvalue weighted by Crippen LogP contribution is -2.64. The summed E-state index contributed by atoms with van der Waals surface area (Å²) in [4.78, 5) is 35.2. The number of amides is 3. The first-order chi connectivity index (χ1) is 32.9. The summed E-state index contributed by atoms with van der Waals surface area (Å²) in [6.45, 7) is 7.32. The van der Waals surface area contributed by atoms with Crippen molar-refractivity contribution >= 4 is 17.7 Å². The van der Waals surface area contributed by atoms with Crippen molar-refractivity contribution in [1.29, 1.82) is 0 Å². The second-order valence-corrected chi connectivity index (χ2v) is 18.5. The zero-order valence-corrected chi connectivity index (χ0v) is 40.6. The van der Waals surface area contributed by atoms with Crippen LogP contribution in [0, 0.1) is 5.41 Å². The molecule has 0 saturated carbocycles. The van der Waals surface area contributed by atoms with Gasteiger partial charge in [-0.25, -0.2) is 0 Å². The molecule has 3 heterocycles. The molecule has 0 radical (unpaired) electrons. The Bertz CT molecular complexity index is 1370. The first-order valence-electron chi connectivity index (χ1n) is 24.2. The van der Waals surface area contributed by atoms with Crippen LogP contribution in [0.1, 0.15) is 91.9 Å². The molecule has 404 valence electrons. The van der Waals surface area contributed by atoms with Gasteiger partial charge in [0.1, 0.15) is 60.9 Å². The monoisotopic (exact) mass is 1000 g/mol. The van der Waals surface area contributed by atoms with Crippen LogP contribution in [0.5, 0.6) is 0 Å². The summed E-state index contributed by atoms with van der Waals surface area (Å²) < 4.78 is 52.8. The average Bonchev–Trinajstić information content (AvgIpc) is 3.41. The highest BCUT2D eigenvalue weighted by Crippen LogP contribution is 2.26. The van der Waals surface area contributed by atoms with Gasteiger partial charge in [-0.3, -0.25) is 14.4 Å². The van der Waals surface area contributed by atoms with E-state index in [0.717, 1.165) is 19.3 Å². The van der Waals surface area contributed by atoms with Gasteiger partial charge in [0.25, 0.3) is 0 Å². The van der Waals surface area contributed by atoms with Gasteiger partial charge in [0.15, 0.2) is 18.9 Å². The van der Waals surface area contributed by atoms with Crippen LogP contribution < -0.4 is 16.0 Å². The van der Waals surface area contributed by atoms with Crippen LogP contribution in [0.15, 0.2) is 0 Å². The van der Waals surface area contributed by atoms with Crippen LogP contribution >= 0.6 is 0 Å². The number of nitrogens with one attached hydrogen (secondary N) is 3. The zero-order valence-electron chi connectivity index (χ0n) is 40.6. The molecular weight excluding hydrogens is 918 g/mol. The first kappa shape index (κ1) is 61.0. The van der Waals surface area contributed by atoms with Crippen LogP contribution in [0.3, 0.4) is 0 Å². The van der Waals surface area contributed by atoms with E-state index in [1.165, 1.54) is 20.8 Å². The van der Waals surface area contributed by atoms with Gasteiger partial charge in [0.2, 0.25) is 17.7 Å².